The number of aliphatic imine (C=N–C) groups is 1. The molecule has 4 amide bonds. The van der Waals surface area contributed by atoms with Crippen LogP contribution in [-0.2, 0) is 25.6 Å². The van der Waals surface area contributed by atoms with Crippen LogP contribution in [0, 0.1) is 20.8 Å². The number of oxazole rings is 1. The molecule has 2 aliphatic heterocycles. The van der Waals surface area contributed by atoms with E-state index in [4.69, 9.17) is 21.0 Å². The SMILES string of the molecule is Cc1sc2c(c1C)C(c1ccc(Cl)cc1)=N[C@@H](CC(=O)NCCCCCCCCNC(=O)CCc1ccc3c(c1)oc(=O)n3C1CCCC(=O)NC1=O)c1nnc(C)n1-2. The molecular weight excluding hydrogens is 792 g/mol. The largest absolute Gasteiger partial charge is 0.420 e. The minimum atomic E-state index is -0.811. The molecule has 2 atom stereocenters. The summed E-state index contributed by atoms with van der Waals surface area (Å²) in [5.41, 5.74) is 5.60. The first-order valence-electron chi connectivity index (χ1n) is 20.4. The molecule has 7 rings (SSSR count). The summed E-state index contributed by atoms with van der Waals surface area (Å²) in [6.07, 6.45) is 7.82. The van der Waals surface area contributed by atoms with Gasteiger partial charge in [-0.25, -0.2) is 4.79 Å². The van der Waals surface area contributed by atoms with Crippen molar-refractivity contribution >= 4 is 63.4 Å². The number of nitrogens with zero attached hydrogens (tertiary/aromatic N) is 5. The van der Waals surface area contributed by atoms with Crippen LogP contribution in [0.5, 0.6) is 0 Å². The van der Waals surface area contributed by atoms with Crippen LogP contribution < -0.4 is 21.7 Å². The first-order chi connectivity index (χ1) is 28.5. The van der Waals surface area contributed by atoms with E-state index in [1.54, 1.807) is 23.5 Å². The number of thiophene rings is 1. The molecule has 1 fully saturated rings. The van der Waals surface area contributed by atoms with E-state index in [0.29, 0.717) is 60.7 Å². The molecule has 0 spiro atoms. The van der Waals surface area contributed by atoms with Crippen molar-refractivity contribution in [2.45, 2.75) is 110 Å². The van der Waals surface area contributed by atoms with Crippen LogP contribution in [0.3, 0.4) is 0 Å². The first-order valence-corrected chi connectivity index (χ1v) is 21.6. The minimum Gasteiger partial charge on any atom is -0.408 e. The maximum atomic E-state index is 13.3. The van der Waals surface area contributed by atoms with Crippen LogP contribution >= 0.6 is 22.9 Å². The molecule has 3 aromatic heterocycles. The fourth-order valence-electron chi connectivity index (χ4n) is 7.79. The Bertz CT molecular complexity index is 2460. The normalized spacial score (nSPS) is 16.5. The third-order valence-corrected chi connectivity index (χ3v) is 12.5. The Balaban J connectivity index is 0.805. The number of aryl methyl sites for hydroxylation is 3. The maximum Gasteiger partial charge on any atom is 0.420 e. The number of imide groups is 1. The number of halogens is 1. The van der Waals surface area contributed by atoms with Crippen molar-refractivity contribution < 1.29 is 23.6 Å². The summed E-state index contributed by atoms with van der Waals surface area (Å²) in [6.45, 7) is 7.31. The zero-order valence-electron chi connectivity index (χ0n) is 33.6. The summed E-state index contributed by atoms with van der Waals surface area (Å²) < 4.78 is 8.80. The topological polar surface area (TPSA) is 183 Å². The van der Waals surface area contributed by atoms with Crippen molar-refractivity contribution in [3.63, 3.8) is 0 Å². The van der Waals surface area contributed by atoms with Gasteiger partial charge in [0, 0.05) is 47.0 Å². The first kappa shape index (κ1) is 41.7. The van der Waals surface area contributed by atoms with Crippen LogP contribution in [0.4, 0.5) is 0 Å². The quantitative estimate of drug-likeness (QED) is 0.0727. The number of aromatic nitrogens is 4. The van der Waals surface area contributed by atoms with Crippen molar-refractivity contribution in [1.29, 1.82) is 0 Å². The molecule has 14 nitrogen and oxygen atoms in total. The van der Waals surface area contributed by atoms with Gasteiger partial charge >= 0.3 is 5.76 Å². The lowest BCUT2D eigenvalue weighted by Gasteiger charge is -2.13. The molecule has 0 saturated carbocycles. The van der Waals surface area contributed by atoms with Gasteiger partial charge in [-0.05, 0) is 88.3 Å². The standard InChI is InChI=1S/C43H49ClN8O6S/c1-25-26(2)59-42-38(25)39(29-15-17-30(44)18-16-29)47-31(40-50-49-27(3)51(40)42)24-37(55)46-22-9-7-5-4-6-8-21-45-35(53)20-14-28-13-19-32-34(23-28)58-43(57)52(32)33-11-10-12-36(54)48-41(33)56/h13,15-19,23,31,33H,4-12,14,20-22,24H2,1-3H3,(H,45,53)(H,46,55)(H,48,54,56)/t31-,33?/m0/s1. The van der Waals surface area contributed by atoms with Gasteiger partial charge in [0.25, 0.3) is 0 Å². The molecule has 2 aliphatic rings. The fourth-order valence-corrected chi connectivity index (χ4v) is 9.13. The number of nitrogens with one attached hydrogen (secondary N) is 3. The van der Waals surface area contributed by atoms with E-state index in [1.165, 1.54) is 9.44 Å². The summed E-state index contributed by atoms with van der Waals surface area (Å²) in [4.78, 5) is 69.2. The molecular formula is C43H49ClN8O6S. The molecule has 59 heavy (non-hydrogen) atoms. The predicted molar refractivity (Wildman–Crippen MR) is 226 cm³/mol. The summed E-state index contributed by atoms with van der Waals surface area (Å²) in [6, 6.07) is 11.6. The highest BCUT2D eigenvalue weighted by Gasteiger charge is 2.33. The van der Waals surface area contributed by atoms with Crippen LogP contribution in [0.15, 0.2) is 56.7 Å². The van der Waals surface area contributed by atoms with Crippen LogP contribution in [0.1, 0.15) is 121 Å². The number of amides is 4. The average molecular weight is 841 g/mol. The van der Waals surface area contributed by atoms with E-state index in [1.807, 2.05) is 37.3 Å². The number of benzene rings is 2. The highest BCUT2D eigenvalue weighted by molar-refractivity contribution is 7.15. The molecule has 2 aromatic carbocycles. The number of hydrogen-bond acceptors (Lipinski definition) is 10. The zero-order chi connectivity index (χ0) is 41.6. The molecule has 3 N–H and O–H groups in total. The number of rotatable bonds is 16. The molecule has 0 bridgehead atoms. The monoisotopic (exact) mass is 840 g/mol. The Kier molecular flexibility index (Phi) is 13.2. The smallest absolute Gasteiger partial charge is 0.408 e. The van der Waals surface area contributed by atoms with Gasteiger partial charge in [0.15, 0.2) is 11.4 Å². The van der Waals surface area contributed by atoms with E-state index in [0.717, 1.165) is 77.3 Å². The van der Waals surface area contributed by atoms with Crippen molar-refractivity contribution in [3.8, 4) is 5.00 Å². The van der Waals surface area contributed by atoms with E-state index in [2.05, 4.69) is 44.6 Å². The lowest BCUT2D eigenvalue weighted by atomic mass is 9.99. The Labute approximate surface area is 350 Å². The Morgan fingerprint density at radius 3 is 2.39 bits per heavy atom. The highest BCUT2D eigenvalue weighted by Crippen LogP contribution is 2.39. The molecule has 1 unspecified atom stereocenters. The Hall–Kier alpha value is -5.41. The highest BCUT2D eigenvalue weighted by atomic mass is 35.5. The minimum absolute atomic E-state index is 0.0490. The average Bonchev–Trinajstić information content (AvgIpc) is 3.77. The summed E-state index contributed by atoms with van der Waals surface area (Å²) in [5, 5.41) is 19.0. The zero-order valence-corrected chi connectivity index (χ0v) is 35.1. The Morgan fingerprint density at radius 2 is 1.64 bits per heavy atom. The van der Waals surface area contributed by atoms with E-state index < -0.39 is 23.7 Å². The van der Waals surface area contributed by atoms with E-state index >= 15 is 0 Å². The number of hydrogen-bond donors (Lipinski definition) is 3. The lowest BCUT2D eigenvalue weighted by Crippen LogP contribution is -2.36. The number of fused-ring (bicyclic) bond motifs is 4. The fraction of sp³-hybridized carbons (Fsp3) is 0.442. The second kappa shape index (κ2) is 18.7. The van der Waals surface area contributed by atoms with Crippen LogP contribution in [0.25, 0.3) is 16.1 Å². The molecule has 16 heteroatoms. The summed E-state index contributed by atoms with van der Waals surface area (Å²) in [7, 11) is 0. The molecule has 5 heterocycles. The van der Waals surface area contributed by atoms with E-state index in [9.17, 15) is 24.0 Å². The van der Waals surface area contributed by atoms with Crippen molar-refractivity contribution in [1.82, 2.24) is 35.3 Å². The van der Waals surface area contributed by atoms with Gasteiger partial charge in [-0.15, -0.1) is 21.5 Å². The predicted octanol–water partition coefficient (Wildman–Crippen LogP) is 6.67. The lowest BCUT2D eigenvalue weighted by molar-refractivity contribution is -0.131. The van der Waals surface area contributed by atoms with Gasteiger partial charge in [0.05, 0.1) is 17.6 Å². The van der Waals surface area contributed by atoms with Crippen molar-refractivity contribution in [2.24, 2.45) is 4.99 Å². The van der Waals surface area contributed by atoms with Crippen molar-refractivity contribution in [3.05, 3.63) is 96.8 Å². The molecule has 310 valence electrons. The third-order valence-electron chi connectivity index (χ3n) is 11.1. The van der Waals surface area contributed by atoms with Gasteiger partial charge < -0.3 is 15.1 Å². The maximum absolute atomic E-state index is 13.3. The second-order valence-corrected chi connectivity index (χ2v) is 16.9. The van der Waals surface area contributed by atoms with Gasteiger partial charge in [-0.3, -0.25) is 38.6 Å². The number of carbonyl (C=O) groups is 4. The Morgan fingerprint density at radius 1 is 0.932 bits per heavy atom. The summed E-state index contributed by atoms with van der Waals surface area (Å²) >= 11 is 7.91. The van der Waals surface area contributed by atoms with Crippen LogP contribution in [-0.4, -0.2) is 61.8 Å². The molecule has 5 aromatic rings. The number of carbonyl (C=O) groups excluding carboxylic acids is 4. The van der Waals surface area contributed by atoms with E-state index in [-0.39, 0.29) is 30.6 Å². The van der Waals surface area contributed by atoms with Crippen LogP contribution in [0.2, 0.25) is 5.02 Å². The summed E-state index contributed by atoms with van der Waals surface area (Å²) in [5.74, 6) is -0.220. The molecule has 0 radical (unpaired) electrons. The second-order valence-electron chi connectivity index (χ2n) is 15.3. The number of unbranched alkanes of at least 4 members (excludes halogenated alkanes) is 5. The third kappa shape index (κ3) is 9.57. The van der Waals surface area contributed by atoms with Crippen molar-refractivity contribution in [2.75, 3.05) is 13.1 Å². The molecule has 0 aliphatic carbocycles. The molecule has 1 saturated heterocycles. The van der Waals surface area contributed by atoms with Gasteiger partial charge in [-0.2, -0.15) is 0 Å². The van der Waals surface area contributed by atoms with Gasteiger partial charge in [0.2, 0.25) is 23.6 Å². The van der Waals surface area contributed by atoms with Gasteiger partial charge in [-0.1, -0.05) is 55.5 Å². The van der Waals surface area contributed by atoms with Gasteiger partial charge in [0.1, 0.15) is 22.9 Å².